The zero-order chi connectivity index (χ0) is 19.1. The fraction of sp³-hybridized carbons (Fsp3) is 0.143. The van der Waals surface area contributed by atoms with E-state index in [0.717, 1.165) is 0 Å². The first-order valence-corrected chi connectivity index (χ1v) is 7.65. The molecular formula is C14H17ClN10O. The van der Waals surface area contributed by atoms with Crippen molar-refractivity contribution in [1.29, 1.82) is 0 Å². The molecule has 0 bridgehead atoms. The van der Waals surface area contributed by atoms with Crippen LogP contribution in [0.25, 0.3) is 0 Å². The van der Waals surface area contributed by atoms with Crippen LogP contribution < -0.4 is 27.9 Å². The lowest BCUT2D eigenvalue weighted by molar-refractivity contribution is 0.249. The Kier molecular flexibility index (Phi) is 6.22. The van der Waals surface area contributed by atoms with Crippen LogP contribution >= 0.6 is 11.6 Å². The number of nitrogens with one attached hydrogen (secondary N) is 2. The van der Waals surface area contributed by atoms with Crippen LogP contribution in [-0.2, 0) is 0 Å². The number of nitrogen functional groups attached to an aromatic ring is 2. The van der Waals surface area contributed by atoms with Crippen LogP contribution in [0.15, 0.2) is 39.6 Å². The number of hydrazone groups is 1. The van der Waals surface area contributed by atoms with Gasteiger partial charge in [0.25, 0.3) is 0 Å². The van der Waals surface area contributed by atoms with Crippen molar-refractivity contribution in [3.8, 4) is 0 Å². The minimum absolute atomic E-state index is 0.0275. The van der Waals surface area contributed by atoms with E-state index in [-0.39, 0.29) is 29.8 Å². The molecule has 0 aliphatic heterocycles. The van der Waals surface area contributed by atoms with E-state index in [1.165, 1.54) is 0 Å². The second-order valence-electron chi connectivity index (χ2n) is 5.02. The monoisotopic (exact) mass is 376 g/mol. The molecule has 0 saturated carbocycles. The zero-order valence-corrected chi connectivity index (χ0v) is 14.5. The molecule has 0 aliphatic rings. The van der Waals surface area contributed by atoms with Crippen LogP contribution in [0.2, 0.25) is 5.02 Å². The number of benzene rings is 1. The molecule has 0 fully saturated rings. The van der Waals surface area contributed by atoms with Gasteiger partial charge in [0, 0.05) is 5.02 Å². The molecule has 1 aromatic heterocycles. The molecule has 1 heterocycles. The number of hydrogen-bond donors (Lipinski definition) is 5. The Bertz CT molecular complexity index is 850. The van der Waals surface area contributed by atoms with Crippen molar-refractivity contribution in [2.24, 2.45) is 21.1 Å². The van der Waals surface area contributed by atoms with Crippen LogP contribution in [0.5, 0.6) is 0 Å². The third-order valence-corrected chi connectivity index (χ3v) is 3.14. The first kappa shape index (κ1) is 18.9. The van der Waals surface area contributed by atoms with Crippen molar-refractivity contribution < 1.29 is 4.79 Å². The van der Waals surface area contributed by atoms with Crippen molar-refractivity contribution in [2.45, 2.75) is 6.92 Å². The summed E-state index contributed by atoms with van der Waals surface area (Å²) in [7, 11) is 0. The number of halogens is 1. The molecule has 8 N–H and O–H groups in total. The maximum absolute atomic E-state index is 10.7. The summed E-state index contributed by atoms with van der Waals surface area (Å²) < 4.78 is 0. The van der Waals surface area contributed by atoms with Gasteiger partial charge in [-0.25, -0.2) is 10.2 Å². The predicted octanol–water partition coefficient (Wildman–Crippen LogP) is 2.17. The average molecular weight is 377 g/mol. The van der Waals surface area contributed by atoms with E-state index in [1.807, 2.05) is 0 Å². The van der Waals surface area contributed by atoms with Gasteiger partial charge in [-0.1, -0.05) is 11.6 Å². The van der Waals surface area contributed by atoms with Crippen molar-refractivity contribution in [1.82, 2.24) is 15.4 Å². The van der Waals surface area contributed by atoms with Gasteiger partial charge in [-0.2, -0.15) is 20.2 Å². The molecule has 0 atom stereocenters. The average Bonchev–Trinajstić information content (AvgIpc) is 2.58. The normalized spacial score (nSPS) is 11.5. The van der Waals surface area contributed by atoms with Gasteiger partial charge in [0.2, 0.25) is 5.95 Å². The highest BCUT2D eigenvalue weighted by Gasteiger charge is 2.11. The van der Waals surface area contributed by atoms with E-state index in [9.17, 15) is 4.79 Å². The Balaban J connectivity index is 2.21. The Labute approximate surface area is 153 Å². The van der Waals surface area contributed by atoms with E-state index in [1.54, 1.807) is 31.2 Å². The summed E-state index contributed by atoms with van der Waals surface area (Å²) in [5.41, 5.74) is 19.9. The summed E-state index contributed by atoms with van der Waals surface area (Å²) >= 11 is 5.83. The van der Waals surface area contributed by atoms with E-state index < -0.39 is 6.03 Å². The summed E-state index contributed by atoms with van der Waals surface area (Å²) in [4.78, 5) is 18.6. The largest absolute Gasteiger partial charge is 0.382 e. The topological polar surface area (TPSA) is 182 Å². The second kappa shape index (κ2) is 8.58. The van der Waals surface area contributed by atoms with Crippen LogP contribution in [0.4, 0.5) is 33.8 Å². The number of carbonyl (C=O) groups excluding carboxylic acids is 1. The number of primary amides is 1. The van der Waals surface area contributed by atoms with Gasteiger partial charge in [-0.3, -0.25) is 0 Å². The quantitative estimate of drug-likeness (QED) is 0.292. The highest BCUT2D eigenvalue weighted by Crippen LogP contribution is 2.31. The van der Waals surface area contributed by atoms with Crippen LogP contribution in [0.1, 0.15) is 6.92 Å². The van der Waals surface area contributed by atoms with Gasteiger partial charge in [0.1, 0.15) is 0 Å². The fourth-order valence-corrected chi connectivity index (χ4v) is 1.86. The Morgan fingerprint density at radius 3 is 2.54 bits per heavy atom. The highest BCUT2D eigenvalue weighted by molar-refractivity contribution is 6.30. The molecule has 0 aliphatic carbocycles. The number of hydrogen-bond acceptors (Lipinski definition) is 9. The molecule has 2 rings (SSSR count). The van der Waals surface area contributed by atoms with Crippen molar-refractivity contribution >= 4 is 52.3 Å². The third kappa shape index (κ3) is 5.56. The molecule has 12 heteroatoms. The number of azo groups is 1. The molecule has 0 spiro atoms. The lowest BCUT2D eigenvalue weighted by atomic mass is 10.3. The number of nitrogens with zero attached hydrogens (tertiary/aromatic N) is 5. The number of aromatic nitrogens is 2. The molecular weight excluding hydrogens is 360 g/mol. The molecule has 0 radical (unpaired) electrons. The summed E-state index contributed by atoms with van der Waals surface area (Å²) in [6.07, 6.45) is 0. The third-order valence-electron chi connectivity index (χ3n) is 2.89. The second-order valence-corrected chi connectivity index (χ2v) is 5.45. The number of rotatable bonds is 6. The van der Waals surface area contributed by atoms with E-state index in [4.69, 9.17) is 28.8 Å². The molecule has 1 aromatic carbocycles. The van der Waals surface area contributed by atoms with Crippen LogP contribution in [0, 0.1) is 0 Å². The standard InChI is InChI=1S/C14H17ClN10O/c1-7(22-25-14(18)26)6-19-12-10(11(16)20-13(17)21-12)24-23-9-4-2-8(15)3-5-9/h2-5H,6H2,1H3,(H3,18,25,26)(H5,16,17,19,20,21)/b22-7-,24-23?. The van der Waals surface area contributed by atoms with Crippen LogP contribution in [-0.4, -0.2) is 28.3 Å². The number of nitrogens with two attached hydrogens (primary N) is 3. The number of carbonyl (C=O) groups is 1. The SMILES string of the molecule is C/C(CNc1nc(N)nc(N)c1N=Nc1ccc(Cl)cc1)=N/NC(N)=O. The molecule has 0 saturated heterocycles. The van der Waals surface area contributed by atoms with Gasteiger partial charge in [0.15, 0.2) is 17.3 Å². The summed E-state index contributed by atoms with van der Waals surface area (Å²) in [6.45, 7) is 1.89. The fourth-order valence-electron chi connectivity index (χ4n) is 1.73. The molecule has 26 heavy (non-hydrogen) atoms. The van der Waals surface area contributed by atoms with Crippen molar-refractivity contribution in [2.75, 3.05) is 23.3 Å². The maximum Gasteiger partial charge on any atom is 0.332 e. The molecule has 2 amide bonds. The lowest BCUT2D eigenvalue weighted by Crippen LogP contribution is -2.26. The summed E-state index contributed by atoms with van der Waals surface area (Å²) in [5, 5.41) is 15.5. The van der Waals surface area contributed by atoms with Gasteiger partial charge in [-0.15, -0.1) is 5.11 Å². The lowest BCUT2D eigenvalue weighted by Gasteiger charge is -2.09. The molecule has 0 unspecified atom stereocenters. The van der Waals surface area contributed by atoms with Gasteiger partial charge < -0.3 is 22.5 Å². The minimum atomic E-state index is -0.766. The first-order chi connectivity index (χ1) is 12.3. The van der Waals surface area contributed by atoms with E-state index in [2.05, 4.69) is 36.0 Å². The Hall–Kier alpha value is -3.47. The number of urea groups is 1. The van der Waals surface area contributed by atoms with Gasteiger partial charge in [-0.05, 0) is 31.2 Å². The van der Waals surface area contributed by atoms with E-state index >= 15 is 0 Å². The molecule has 11 nitrogen and oxygen atoms in total. The van der Waals surface area contributed by atoms with Crippen LogP contribution in [0.3, 0.4) is 0 Å². The molecule has 2 aromatic rings. The Morgan fingerprint density at radius 1 is 1.19 bits per heavy atom. The van der Waals surface area contributed by atoms with Gasteiger partial charge in [0.05, 0.1) is 17.9 Å². The number of amides is 2. The summed E-state index contributed by atoms with van der Waals surface area (Å²) in [5.74, 6) is 0.296. The highest BCUT2D eigenvalue weighted by atomic mass is 35.5. The smallest absolute Gasteiger partial charge is 0.332 e. The minimum Gasteiger partial charge on any atom is -0.382 e. The van der Waals surface area contributed by atoms with E-state index in [0.29, 0.717) is 16.4 Å². The van der Waals surface area contributed by atoms with Crippen molar-refractivity contribution in [3.63, 3.8) is 0 Å². The zero-order valence-electron chi connectivity index (χ0n) is 13.8. The maximum atomic E-state index is 10.7. The van der Waals surface area contributed by atoms with Gasteiger partial charge >= 0.3 is 6.03 Å². The number of anilines is 3. The predicted molar refractivity (Wildman–Crippen MR) is 101 cm³/mol. The first-order valence-electron chi connectivity index (χ1n) is 7.28. The Morgan fingerprint density at radius 2 is 1.88 bits per heavy atom. The van der Waals surface area contributed by atoms with Crippen molar-refractivity contribution in [3.05, 3.63) is 29.3 Å². The molecule has 136 valence electrons. The summed E-state index contributed by atoms with van der Waals surface area (Å²) in [6, 6.07) is 5.99.